The van der Waals surface area contributed by atoms with Crippen LogP contribution < -0.4 is 0 Å². The third-order valence-electron chi connectivity index (χ3n) is 10.8. The summed E-state index contributed by atoms with van der Waals surface area (Å²) in [4.78, 5) is 10.5. The normalized spacial score (nSPS) is 12.9. The van der Waals surface area contributed by atoms with Crippen molar-refractivity contribution in [3.8, 4) is 56.7 Å². The van der Waals surface area contributed by atoms with Crippen LogP contribution in [0.5, 0.6) is 0 Å². The number of hydrogen-bond donors (Lipinski definition) is 0. The van der Waals surface area contributed by atoms with Crippen molar-refractivity contribution in [2.75, 3.05) is 0 Å². The Morgan fingerprint density at radius 2 is 1.27 bits per heavy atom. The molecule has 0 atom stereocenters. The van der Waals surface area contributed by atoms with Crippen LogP contribution in [0.25, 0.3) is 83.3 Å². The predicted molar refractivity (Wildman–Crippen MR) is 212 cm³/mol. The lowest BCUT2D eigenvalue weighted by molar-refractivity contribution is 0.664. The first-order valence-corrected chi connectivity index (χ1v) is 17.6. The topological polar surface area (TPSA) is 54.5 Å². The molecular weight excluding hydrogens is 633 g/mol. The zero-order valence-electron chi connectivity index (χ0n) is 28.8. The van der Waals surface area contributed by atoms with Gasteiger partial charge >= 0.3 is 0 Å². The minimum Gasteiger partial charge on any atom is -0.309 e. The second-order valence-corrected chi connectivity index (χ2v) is 14.1. The number of nitriles is 1. The molecule has 244 valence electrons. The van der Waals surface area contributed by atoms with Gasteiger partial charge in [-0.05, 0) is 75.8 Å². The summed E-state index contributed by atoms with van der Waals surface area (Å²) in [7, 11) is 0. The van der Waals surface area contributed by atoms with Gasteiger partial charge in [-0.3, -0.25) is 0 Å². The average molecular weight is 665 g/mol. The molecule has 1 aliphatic rings. The van der Waals surface area contributed by atoms with E-state index in [-0.39, 0.29) is 5.41 Å². The summed E-state index contributed by atoms with van der Waals surface area (Å²) in [5.74, 6) is 0.660. The van der Waals surface area contributed by atoms with Gasteiger partial charge in [0.25, 0.3) is 0 Å². The van der Waals surface area contributed by atoms with E-state index in [0.29, 0.717) is 11.4 Å². The Labute approximate surface area is 301 Å². The molecule has 0 saturated heterocycles. The van der Waals surface area contributed by atoms with Gasteiger partial charge in [-0.1, -0.05) is 129 Å². The van der Waals surface area contributed by atoms with Gasteiger partial charge in [0.1, 0.15) is 0 Å². The van der Waals surface area contributed by atoms with Crippen molar-refractivity contribution < 1.29 is 0 Å². The molecule has 52 heavy (non-hydrogen) atoms. The highest BCUT2D eigenvalue weighted by atomic mass is 15.0. The van der Waals surface area contributed by atoms with Crippen LogP contribution in [-0.2, 0) is 5.41 Å². The van der Waals surface area contributed by atoms with Gasteiger partial charge in [0.15, 0.2) is 5.82 Å². The molecule has 0 aliphatic heterocycles. The van der Waals surface area contributed by atoms with Crippen molar-refractivity contribution in [3.05, 3.63) is 174 Å². The van der Waals surface area contributed by atoms with E-state index in [1.807, 2.05) is 42.5 Å². The van der Waals surface area contributed by atoms with E-state index < -0.39 is 0 Å². The molecule has 9 aromatic rings. The molecule has 2 heterocycles. The van der Waals surface area contributed by atoms with Gasteiger partial charge in [0.05, 0.1) is 33.9 Å². The fraction of sp³-hybridized carbons (Fsp3) is 0.0625. The van der Waals surface area contributed by atoms with Crippen molar-refractivity contribution in [2.24, 2.45) is 0 Å². The summed E-state index contributed by atoms with van der Waals surface area (Å²) in [5, 5.41) is 13.0. The molecule has 4 heteroatoms. The Bertz CT molecular complexity index is 2930. The van der Waals surface area contributed by atoms with Crippen LogP contribution in [0.1, 0.15) is 30.5 Å². The summed E-state index contributed by atoms with van der Waals surface area (Å²) in [5.41, 5.74) is 14.9. The Morgan fingerprint density at radius 1 is 0.558 bits per heavy atom. The van der Waals surface area contributed by atoms with Gasteiger partial charge in [-0.25, -0.2) is 9.97 Å². The molecule has 0 saturated carbocycles. The Hall–Kier alpha value is -6.83. The molecule has 10 rings (SSSR count). The Balaban J connectivity index is 1.30. The second kappa shape index (κ2) is 11.3. The average Bonchev–Trinajstić information content (AvgIpc) is 3.66. The highest BCUT2D eigenvalue weighted by molar-refractivity contribution is 6.13. The van der Waals surface area contributed by atoms with Crippen LogP contribution in [0.4, 0.5) is 0 Å². The first-order chi connectivity index (χ1) is 25.5. The molecule has 1 aliphatic carbocycles. The largest absolute Gasteiger partial charge is 0.309 e. The highest BCUT2D eigenvalue weighted by Crippen LogP contribution is 2.53. The molecule has 0 unspecified atom stereocenters. The van der Waals surface area contributed by atoms with E-state index in [4.69, 9.17) is 9.97 Å². The third kappa shape index (κ3) is 4.46. The molecule has 7 aromatic carbocycles. The van der Waals surface area contributed by atoms with Gasteiger partial charge in [-0.2, -0.15) is 5.26 Å². The molecule has 0 spiro atoms. The first-order valence-electron chi connectivity index (χ1n) is 17.6. The minimum absolute atomic E-state index is 0.211. The number of hydrogen-bond acceptors (Lipinski definition) is 3. The lowest BCUT2D eigenvalue weighted by atomic mass is 9.81. The van der Waals surface area contributed by atoms with Gasteiger partial charge < -0.3 is 4.57 Å². The standard InChI is InChI=1S/C48H32N4/c1-48(2)41-17-9-6-14-36(41)38-24-25-39-37-15-8-11-19-43(37)52(46(39)44(38)48)35-27-33(31-22-20-30(29-49)21-23-31)26-34(28-35)47-50-42-18-10-7-16-40(42)45(51-47)32-12-4-3-5-13-32/h3-28H,1-2H3. The van der Waals surface area contributed by atoms with Crippen LogP contribution in [-0.4, -0.2) is 14.5 Å². The molecule has 0 N–H and O–H groups in total. The monoisotopic (exact) mass is 664 g/mol. The summed E-state index contributed by atoms with van der Waals surface area (Å²) in [6.45, 7) is 4.71. The maximum Gasteiger partial charge on any atom is 0.160 e. The number of para-hydroxylation sites is 2. The zero-order chi connectivity index (χ0) is 35.0. The van der Waals surface area contributed by atoms with Gasteiger partial charge in [-0.15, -0.1) is 0 Å². The highest BCUT2D eigenvalue weighted by Gasteiger charge is 2.38. The van der Waals surface area contributed by atoms with Crippen molar-refractivity contribution in [2.45, 2.75) is 19.3 Å². The molecule has 4 nitrogen and oxygen atoms in total. The summed E-state index contributed by atoms with van der Waals surface area (Å²) >= 11 is 0. The SMILES string of the molecule is CC1(C)c2ccccc2-c2ccc3c4ccccc4n(-c4cc(-c5ccc(C#N)cc5)cc(-c5nc(-c6ccccc6)c6ccccc6n5)c4)c3c21. The van der Waals surface area contributed by atoms with Crippen molar-refractivity contribution in [1.82, 2.24) is 14.5 Å². The van der Waals surface area contributed by atoms with E-state index >= 15 is 0 Å². The Kier molecular flexibility index (Phi) is 6.55. The van der Waals surface area contributed by atoms with Crippen molar-refractivity contribution in [3.63, 3.8) is 0 Å². The molecule has 0 fully saturated rings. The number of rotatable bonds is 4. The fourth-order valence-electron chi connectivity index (χ4n) is 8.38. The number of aromatic nitrogens is 3. The molecule has 2 aromatic heterocycles. The van der Waals surface area contributed by atoms with Crippen molar-refractivity contribution in [1.29, 1.82) is 5.26 Å². The smallest absolute Gasteiger partial charge is 0.160 e. The van der Waals surface area contributed by atoms with E-state index in [1.54, 1.807) is 0 Å². The maximum atomic E-state index is 9.58. The maximum absolute atomic E-state index is 9.58. The molecule has 0 bridgehead atoms. The summed E-state index contributed by atoms with van der Waals surface area (Å²) in [6, 6.07) is 57.5. The molecule has 0 radical (unpaired) electrons. The predicted octanol–water partition coefficient (Wildman–Crippen LogP) is 11.9. The summed E-state index contributed by atoms with van der Waals surface area (Å²) in [6.07, 6.45) is 0. The summed E-state index contributed by atoms with van der Waals surface area (Å²) < 4.78 is 2.45. The number of fused-ring (bicyclic) bond motifs is 8. The van der Waals surface area contributed by atoms with Crippen molar-refractivity contribution >= 4 is 32.7 Å². The van der Waals surface area contributed by atoms with Crippen LogP contribution >= 0.6 is 0 Å². The van der Waals surface area contributed by atoms with Gasteiger partial charge in [0, 0.05) is 38.4 Å². The molecule has 0 amide bonds. The van der Waals surface area contributed by atoms with Crippen LogP contribution in [0.3, 0.4) is 0 Å². The van der Waals surface area contributed by atoms with E-state index in [0.717, 1.165) is 50.1 Å². The van der Waals surface area contributed by atoms with Gasteiger partial charge in [0.2, 0.25) is 0 Å². The number of benzene rings is 7. The minimum atomic E-state index is -0.211. The molecular formula is C48H32N4. The van der Waals surface area contributed by atoms with Crippen LogP contribution in [0, 0.1) is 11.3 Å². The zero-order valence-corrected chi connectivity index (χ0v) is 28.8. The lowest BCUT2D eigenvalue weighted by Gasteiger charge is -2.24. The van der Waals surface area contributed by atoms with E-state index in [2.05, 4.69) is 140 Å². The van der Waals surface area contributed by atoms with Crippen LogP contribution in [0.15, 0.2) is 158 Å². The lowest BCUT2D eigenvalue weighted by Crippen LogP contribution is -2.16. The number of nitrogens with zero attached hydrogens (tertiary/aromatic N) is 4. The van der Waals surface area contributed by atoms with E-state index in [1.165, 1.54) is 38.5 Å². The van der Waals surface area contributed by atoms with E-state index in [9.17, 15) is 5.26 Å². The second-order valence-electron chi connectivity index (χ2n) is 14.1. The quantitative estimate of drug-likeness (QED) is 0.188. The Morgan fingerprint density at radius 3 is 2.10 bits per heavy atom. The first kappa shape index (κ1) is 30.0. The van der Waals surface area contributed by atoms with Crippen LogP contribution in [0.2, 0.25) is 0 Å². The third-order valence-corrected chi connectivity index (χ3v) is 10.8. The fourth-order valence-corrected chi connectivity index (χ4v) is 8.38.